The van der Waals surface area contributed by atoms with Crippen molar-refractivity contribution in [2.24, 2.45) is 0 Å². The summed E-state index contributed by atoms with van der Waals surface area (Å²) in [5.74, 6) is 0.485. The maximum absolute atomic E-state index is 11.7. The molecule has 0 aromatic heterocycles. The van der Waals surface area contributed by atoms with E-state index in [4.69, 9.17) is 9.47 Å². The van der Waals surface area contributed by atoms with Gasteiger partial charge in [-0.3, -0.25) is 0 Å². The molecule has 0 saturated carbocycles. The number of hydrogen-bond donors (Lipinski definition) is 1. The van der Waals surface area contributed by atoms with Gasteiger partial charge in [0, 0.05) is 0 Å². The summed E-state index contributed by atoms with van der Waals surface area (Å²) >= 11 is 0. The number of likely N-dealkylation sites (N-methyl/N-ethyl adjacent to an activating group) is 1. The number of para-hydroxylation sites is 1. The molecule has 0 amide bonds. The van der Waals surface area contributed by atoms with Crippen molar-refractivity contribution >= 4 is 5.97 Å². The van der Waals surface area contributed by atoms with E-state index in [0.29, 0.717) is 0 Å². The van der Waals surface area contributed by atoms with E-state index in [9.17, 15) is 4.79 Å². The van der Waals surface area contributed by atoms with E-state index in [1.54, 1.807) is 14.0 Å². The number of aryl methyl sites for hydroxylation is 2. The fourth-order valence-corrected chi connectivity index (χ4v) is 1.70. The van der Waals surface area contributed by atoms with Crippen molar-refractivity contribution in [3.63, 3.8) is 0 Å². The number of carbonyl (C=O) groups excluding carboxylic acids is 1. The summed E-state index contributed by atoms with van der Waals surface area (Å²) in [5, 5.41) is 2.94. The molecule has 1 rings (SSSR count). The number of ether oxygens (including phenoxy) is 2. The minimum atomic E-state index is -0.844. The third-order valence-electron chi connectivity index (χ3n) is 3.10. The van der Waals surface area contributed by atoms with E-state index in [1.807, 2.05) is 32.0 Å². The number of benzene rings is 1. The van der Waals surface area contributed by atoms with Gasteiger partial charge < -0.3 is 14.8 Å². The molecule has 4 nitrogen and oxygen atoms in total. The standard InChI is InChI=1S/C14H21NO3/c1-10-7-6-8-11(2)12(10)18-9-14(3,15-4)13(16)17-5/h6-8,15H,9H2,1-5H3. The first-order valence-electron chi connectivity index (χ1n) is 5.91. The summed E-state index contributed by atoms with van der Waals surface area (Å²) in [6, 6.07) is 5.95. The van der Waals surface area contributed by atoms with Crippen LogP contribution in [0, 0.1) is 13.8 Å². The van der Waals surface area contributed by atoms with Crippen LogP contribution in [0.25, 0.3) is 0 Å². The van der Waals surface area contributed by atoms with Crippen LogP contribution in [0.15, 0.2) is 18.2 Å². The lowest BCUT2D eigenvalue weighted by atomic mass is 10.0. The van der Waals surface area contributed by atoms with Gasteiger partial charge in [0.2, 0.25) is 0 Å². The first kappa shape index (κ1) is 14.5. The van der Waals surface area contributed by atoms with Crippen LogP contribution in [0.5, 0.6) is 5.75 Å². The molecule has 0 spiro atoms. The van der Waals surface area contributed by atoms with Crippen LogP contribution < -0.4 is 10.1 Å². The number of rotatable bonds is 5. The van der Waals surface area contributed by atoms with Gasteiger partial charge in [-0.25, -0.2) is 4.79 Å². The van der Waals surface area contributed by atoms with E-state index >= 15 is 0 Å². The second kappa shape index (κ2) is 5.87. The highest BCUT2D eigenvalue weighted by molar-refractivity contribution is 5.80. The molecule has 18 heavy (non-hydrogen) atoms. The summed E-state index contributed by atoms with van der Waals surface area (Å²) in [5.41, 5.74) is 1.26. The molecule has 100 valence electrons. The van der Waals surface area contributed by atoms with Gasteiger partial charge in [-0.1, -0.05) is 18.2 Å². The Hall–Kier alpha value is -1.55. The molecular weight excluding hydrogens is 230 g/mol. The largest absolute Gasteiger partial charge is 0.490 e. The van der Waals surface area contributed by atoms with Crippen molar-refractivity contribution in [2.45, 2.75) is 26.3 Å². The van der Waals surface area contributed by atoms with Gasteiger partial charge in [-0.2, -0.15) is 0 Å². The average Bonchev–Trinajstić information content (AvgIpc) is 2.36. The zero-order valence-electron chi connectivity index (χ0n) is 11.7. The van der Waals surface area contributed by atoms with Crippen LogP contribution in [0.2, 0.25) is 0 Å². The van der Waals surface area contributed by atoms with Crippen molar-refractivity contribution in [1.82, 2.24) is 5.32 Å². The lowest BCUT2D eigenvalue weighted by Crippen LogP contribution is -2.53. The minimum Gasteiger partial charge on any atom is -0.490 e. The average molecular weight is 251 g/mol. The second-order valence-electron chi connectivity index (χ2n) is 4.58. The van der Waals surface area contributed by atoms with Crippen molar-refractivity contribution in [3.8, 4) is 5.75 Å². The summed E-state index contributed by atoms with van der Waals surface area (Å²) < 4.78 is 10.6. The highest BCUT2D eigenvalue weighted by atomic mass is 16.5. The lowest BCUT2D eigenvalue weighted by Gasteiger charge is -2.26. The van der Waals surface area contributed by atoms with Crippen LogP contribution >= 0.6 is 0 Å². The van der Waals surface area contributed by atoms with Crippen LogP contribution in [0.3, 0.4) is 0 Å². The first-order valence-corrected chi connectivity index (χ1v) is 5.91. The van der Waals surface area contributed by atoms with E-state index in [-0.39, 0.29) is 12.6 Å². The molecule has 1 N–H and O–H groups in total. The van der Waals surface area contributed by atoms with Crippen LogP contribution in [0.4, 0.5) is 0 Å². The van der Waals surface area contributed by atoms with Crippen LogP contribution in [-0.4, -0.2) is 32.3 Å². The van der Waals surface area contributed by atoms with Gasteiger partial charge >= 0.3 is 5.97 Å². The Kier molecular flexibility index (Phi) is 4.73. The topological polar surface area (TPSA) is 47.6 Å². The molecule has 0 aliphatic rings. The summed E-state index contributed by atoms with van der Waals surface area (Å²) in [6.07, 6.45) is 0. The molecule has 0 aliphatic carbocycles. The zero-order valence-corrected chi connectivity index (χ0v) is 11.7. The molecular formula is C14H21NO3. The van der Waals surface area contributed by atoms with Crippen molar-refractivity contribution in [3.05, 3.63) is 29.3 Å². The van der Waals surface area contributed by atoms with E-state index < -0.39 is 5.54 Å². The highest BCUT2D eigenvalue weighted by Crippen LogP contribution is 2.23. The number of hydrogen-bond acceptors (Lipinski definition) is 4. The van der Waals surface area contributed by atoms with Crippen LogP contribution in [-0.2, 0) is 9.53 Å². The summed E-state index contributed by atoms with van der Waals surface area (Å²) in [4.78, 5) is 11.7. The second-order valence-corrected chi connectivity index (χ2v) is 4.58. The Bertz CT molecular complexity index is 411. The molecule has 4 heteroatoms. The molecule has 0 aliphatic heterocycles. The Labute approximate surface area is 108 Å². The van der Waals surface area contributed by atoms with E-state index in [0.717, 1.165) is 16.9 Å². The Balaban J connectivity index is 2.83. The molecule has 0 fully saturated rings. The molecule has 1 aromatic carbocycles. The van der Waals surface area contributed by atoms with E-state index in [1.165, 1.54) is 7.11 Å². The number of methoxy groups -OCH3 is 1. The quantitative estimate of drug-likeness (QED) is 0.811. The molecule has 0 heterocycles. The SMILES string of the molecule is CNC(C)(COc1c(C)cccc1C)C(=O)OC. The van der Waals surface area contributed by atoms with Gasteiger partial charge in [0.1, 0.15) is 17.9 Å². The van der Waals surface area contributed by atoms with Gasteiger partial charge in [0.05, 0.1) is 7.11 Å². The highest BCUT2D eigenvalue weighted by Gasteiger charge is 2.33. The van der Waals surface area contributed by atoms with Gasteiger partial charge in [0.15, 0.2) is 0 Å². The predicted octanol–water partition coefficient (Wildman–Crippen LogP) is 1.83. The van der Waals surface area contributed by atoms with Crippen molar-refractivity contribution in [2.75, 3.05) is 20.8 Å². The molecule has 1 aromatic rings. The van der Waals surface area contributed by atoms with Gasteiger partial charge in [-0.05, 0) is 38.9 Å². The predicted molar refractivity (Wildman–Crippen MR) is 70.9 cm³/mol. The molecule has 0 radical (unpaired) electrons. The third-order valence-corrected chi connectivity index (χ3v) is 3.10. The molecule has 1 unspecified atom stereocenters. The van der Waals surface area contributed by atoms with E-state index in [2.05, 4.69) is 5.32 Å². The third kappa shape index (κ3) is 3.01. The van der Waals surface area contributed by atoms with Crippen molar-refractivity contribution < 1.29 is 14.3 Å². The first-order chi connectivity index (χ1) is 8.44. The number of esters is 1. The van der Waals surface area contributed by atoms with Gasteiger partial charge in [-0.15, -0.1) is 0 Å². The Morgan fingerprint density at radius 1 is 1.33 bits per heavy atom. The number of nitrogens with one attached hydrogen (secondary N) is 1. The molecule has 0 saturated heterocycles. The monoisotopic (exact) mass is 251 g/mol. The summed E-state index contributed by atoms with van der Waals surface area (Å²) in [7, 11) is 3.09. The smallest absolute Gasteiger partial charge is 0.329 e. The number of carbonyl (C=O) groups is 1. The fraction of sp³-hybridized carbons (Fsp3) is 0.500. The maximum Gasteiger partial charge on any atom is 0.329 e. The molecule has 1 atom stereocenters. The zero-order chi connectivity index (χ0) is 13.8. The molecule has 0 bridgehead atoms. The normalized spacial score (nSPS) is 13.8. The minimum absolute atomic E-state index is 0.224. The fourth-order valence-electron chi connectivity index (χ4n) is 1.70. The Morgan fingerprint density at radius 3 is 2.33 bits per heavy atom. The Morgan fingerprint density at radius 2 is 1.89 bits per heavy atom. The lowest BCUT2D eigenvalue weighted by molar-refractivity contribution is -0.148. The maximum atomic E-state index is 11.7. The van der Waals surface area contributed by atoms with Crippen molar-refractivity contribution in [1.29, 1.82) is 0 Å². The van der Waals surface area contributed by atoms with Crippen LogP contribution in [0.1, 0.15) is 18.1 Å². The summed E-state index contributed by atoms with van der Waals surface area (Å²) in [6.45, 7) is 5.95. The van der Waals surface area contributed by atoms with Gasteiger partial charge in [0.25, 0.3) is 0 Å².